The van der Waals surface area contributed by atoms with E-state index in [0.717, 1.165) is 38.5 Å². The van der Waals surface area contributed by atoms with E-state index in [2.05, 4.69) is 54.5 Å². The van der Waals surface area contributed by atoms with Crippen LogP contribution in [0.3, 0.4) is 0 Å². The van der Waals surface area contributed by atoms with Crippen LogP contribution in [0.15, 0.2) is 11.6 Å². The van der Waals surface area contributed by atoms with Gasteiger partial charge in [0, 0.05) is 5.41 Å². The molecule has 0 radical (unpaired) electrons. The third-order valence-electron chi connectivity index (χ3n) is 13.4. The summed E-state index contributed by atoms with van der Waals surface area (Å²) in [5, 5.41) is 43.9. The lowest BCUT2D eigenvalue weighted by atomic mass is 9.33. The molecule has 4 saturated carbocycles. The van der Waals surface area contributed by atoms with Crippen LogP contribution in [-0.4, -0.2) is 45.3 Å². The van der Waals surface area contributed by atoms with Crippen molar-refractivity contribution in [2.24, 2.45) is 50.2 Å². The summed E-state index contributed by atoms with van der Waals surface area (Å²) in [6.07, 6.45) is 8.54. The highest BCUT2D eigenvalue weighted by Gasteiger charge is 2.69. The van der Waals surface area contributed by atoms with Gasteiger partial charge in [0.05, 0.1) is 24.9 Å². The van der Waals surface area contributed by atoms with Crippen LogP contribution in [0.1, 0.15) is 99.8 Å². The SMILES string of the molecule is CC1(C)C[C@H]2C3=CC[C@@H]4[C@@]5(C)CC[C@@H](O)C(C)(C)[C@@H]5CC[C@@]4(C)[C@]3(C)CC[C@@]2(CO)[C@@H](O)[C@@H]1O. The Hall–Kier alpha value is -0.420. The van der Waals surface area contributed by atoms with Crippen LogP contribution in [-0.2, 0) is 0 Å². The van der Waals surface area contributed by atoms with Crippen LogP contribution < -0.4 is 0 Å². The lowest BCUT2D eigenvalue weighted by molar-refractivity contribution is -0.227. The van der Waals surface area contributed by atoms with Gasteiger partial charge in [0.15, 0.2) is 0 Å². The molecule has 0 amide bonds. The Morgan fingerprint density at radius 2 is 1.50 bits per heavy atom. The molecule has 5 rings (SSSR count). The molecule has 4 fully saturated rings. The first-order chi connectivity index (χ1) is 15.6. The lowest BCUT2D eigenvalue weighted by Crippen LogP contribution is -2.67. The minimum absolute atomic E-state index is 0.0333. The van der Waals surface area contributed by atoms with Gasteiger partial charge in [-0.05, 0) is 96.2 Å². The van der Waals surface area contributed by atoms with Crippen molar-refractivity contribution in [1.82, 2.24) is 0 Å². The summed E-state index contributed by atoms with van der Waals surface area (Å²) in [5.41, 5.74) is 0.801. The van der Waals surface area contributed by atoms with Gasteiger partial charge in [-0.2, -0.15) is 0 Å². The number of aliphatic hydroxyl groups is 4. The molecule has 5 aliphatic rings. The Morgan fingerprint density at radius 1 is 0.824 bits per heavy atom. The zero-order valence-corrected chi connectivity index (χ0v) is 22.7. The maximum Gasteiger partial charge on any atom is 0.0888 e. The molecule has 34 heavy (non-hydrogen) atoms. The highest BCUT2D eigenvalue weighted by atomic mass is 16.3. The zero-order chi connectivity index (χ0) is 25.1. The van der Waals surface area contributed by atoms with Crippen LogP contribution in [0.5, 0.6) is 0 Å². The smallest absolute Gasteiger partial charge is 0.0888 e. The average molecular weight is 475 g/mol. The van der Waals surface area contributed by atoms with E-state index >= 15 is 0 Å². The Kier molecular flexibility index (Phi) is 5.44. The van der Waals surface area contributed by atoms with E-state index in [0.29, 0.717) is 11.8 Å². The molecule has 4 N–H and O–H groups in total. The second-order valence-electron chi connectivity index (χ2n) is 15.2. The first kappa shape index (κ1) is 25.2. The summed E-state index contributed by atoms with van der Waals surface area (Å²) in [7, 11) is 0. The molecule has 5 aliphatic carbocycles. The van der Waals surface area contributed by atoms with E-state index in [9.17, 15) is 20.4 Å². The molecule has 0 aromatic carbocycles. The molecule has 0 heterocycles. The Morgan fingerprint density at radius 3 is 2.15 bits per heavy atom. The molecule has 0 aromatic rings. The monoisotopic (exact) mass is 474 g/mol. The summed E-state index contributed by atoms with van der Waals surface area (Å²) in [4.78, 5) is 0. The van der Waals surface area contributed by atoms with Crippen LogP contribution in [0.4, 0.5) is 0 Å². The van der Waals surface area contributed by atoms with Gasteiger partial charge in [0.25, 0.3) is 0 Å². The van der Waals surface area contributed by atoms with E-state index in [4.69, 9.17) is 0 Å². The largest absolute Gasteiger partial charge is 0.396 e. The van der Waals surface area contributed by atoms with E-state index in [1.807, 2.05) is 0 Å². The van der Waals surface area contributed by atoms with Gasteiger partial charge >= 0.3 is 0 Å². The van der Waals surface area contributed by atoms with Gasteiger partial charge < -0.3 is 20.4 Å². The first-order valence-corrected chi connectivity index (χ1v) is 14.0. The second kappa shape index (κ2) is 7.33. The van der Waals surface area contributed by atoms with Crippen molar-refractivity contribution in [3.05, 3.63) is 11.6 Å². The minimum Gasteiger partial charge on any atom is -0.396 e. The molecule has 194 valence electrons. The molecule has 0 bridgehead atoms. The van der Waals surface area contributed by atoms with Crippen LogP contribution in [0, 0.1) is 50.2 Å². The van der Waals surface area contributed by atoms with Crippen molar-refractivity contribution >= 4 is 0 Å². The lowest BCUT2D eigenvalue weighted by Gasteiger charge is -2.72. The number of fused-ring (bicyclic) bond motifs is 7. The predicted octanol–water partition coefficient (Wildman–Crippen LogP) is 5.08. The fraction of sp³-hybridized carbons (Fsp3) is 0.933. The fourth-order valence-corrected chi connectivity index (χ4v) is 10.8. The van der Waals surface area contributed by atoms with Gasteiger partial charge in [0.1, 0.15) is 0 Å². The van der Waals surface area contributed by atoms with Gasteiger partial charge in [-0.25, -0.2) is 0 Å². The molecule has 0 aliphatic heterocycles. The Bertz CT molecular complexity index is 877. The standard InChI is InChI=1S/C30H50O4/c1-25(2)16-19-18-8-9-21-27(5)12-11-22(32)26(3,4)20(27)10-13-29(21,7)28(18,6)14-15-30(19,17-31)24(34)23(25)33/h8,19-24,31-34H,9-17H2,1-7H3/t19-,20-,21+,22+,23-,24-,27-,28+,29+,30-/m0/s1. The van der Waals surface area contributed by atoms with E-state index < -0.39 is 17.6 Å². The topological polar surface area (TPSA) is 80.9 Å². The van der Waals surface area contributed by atoms with Crippen molar-refractivity contribution in [1.29, 1.82) is 0 Å². The maximum atomic E-state index is 11.3. The van der Waals surface area contributed by atoms with E-state index in [-0.39, 0.29) is 45.7 Å². The van der Waals surface area contributed by atoms with Gasteiger partial charge in [-0.3, -0.25) is 0 Å². The van der Waals surface area contributed by atoms with Crippen molar-refractivity contribution in [3.63, 3.8) is 0 Å². The molecule has 0 spiro atoms. The average Bonchev–Trinajstić information content (AvgIpc) is 2.76. The van der Waals surface area contributed by atoms with Gasteiger partial charge in [-0.15, -0.1) is 0 Å². The third kappa shape index (κ3) is 2.81. The van der Waals surface area contributed by atoms with E-state index in [1.165, 1.54) is 18.4 Å². The summed E-state index contributed by atoms with van der Waals surface area (Å²) >= 11 is 0. The second-order valence-corrected chi connectivity index (χ2v) is 15.2. The summed E-state index contributed by atoms with van der Waals surface area (Å²) in [6.45, 7) is 16.2. The first-order valence-electron chi connectivity index (χ1n) is 14.0. The van der Waals surface area contributed by atoms with Crippen LogP contribution in [0.25, 0.3) is 0 Å². The zero-order valence-electron chi connectivity index (χ0n) is 22.7. The van der Waals surface area contributed by atoms with Gasteiger partial charge in [-0.1, -0.05) is 60.1 Å². The number of hydrogen-bond donors (Lipinski definition) is 4. The summed E-state index contributed by atoms with van der Waals surface area (Å²) < 4.78 is 0. The summed E-state index contributed by atoms with van der Waals surface area (Å²) in [5.74, 6) is 1.22. The predicted molar refractivity (Wildman–Crippen MR) is 135 cm³/mol. The quantitative estimate of drug-likeness (QED) is 0.399. The van der Waals surface area contributed by atoms with Crippen molar-refractivity contribution < 1.29 is 20.4 Å². The molecule has 10 atom stereocenters. The Labute approximate surface area is 207 Å². The van der Waals surface area contributed by atoms with E-state index in [1.54, 1.807) is 0 Å². The third-order valence-corrected chi connectivity index (χ3v) is 13.4. The van der Waals surface area contributed by atoms with Crippen LogP contribution in [0.2, 0.25) is 0 Å². The normalized spacial score (nSPS) is 55.8. The minimum atomic E-state index is -0.892. The molecular weight excluding hydrogens is 424 g/mol. The van der Waals surface area contributed by atoms with Crippen molar-refractivity contribution in [2.45, 2.75) is 118 Å². The highest BCUT2D eigenvalue weighted by Crippen LogP contribution is 2.75. The molecule has 4 nitrogen and oxygen atoms in total. The molecular formula is C30H50O4. The molecule has 0 aromatic heterocycles. The summed E-state index contributed by atoms with van der Waals surface area (Å²) in [6, 6.07) is 0. The van der Waals surface area contributed by atoms with Crippen molar-refractivity contribution in [3.8, 4) is 0 Å². The Balaban J connectivity index is 1.60. The highest BCUT2D eigenvalue weighted by molar-refractivity contribution is 5.35. The fourth-order valence-electron chi connectivity index (χ4n) is 10.8. The number of allylic oxidation sites excluding steroid dienone is 2. The number of aliphatic hydroxyl groups excluding tert-OH is 4. The maximum absolute atomic E-state index is 11.3. The number of rotatable bonds is 1. The van der Waals surface area contributed by atoms with Crippen LogP contribution >= 0.6 is 0 Å². The molecule has 0 saturated heterocycles. The van der Waals surface area contributed by atoms with Crippen molar-refractivity contribution in [2.75, 3.05) is 6.61 Å². The molecule has 4 heteroatoms. The van der Waals surface area contributed by atoms with Gasteiger partial charge in [0.2, 0.25) is 0 Å². The molecule has 0 unspecified atom stereocenters. The number of hydrogen-bond acceptors (Lipinski definition) is 4.